The van der Waals surface area contributed by atoms with E-state index in [1.165, 1.54) is 11.3 Å². The average molecular weight is 314 g/mol. The molecule has 20 heavy (non-hydrogen) atoms. The number of ether oxygens (including phenoxy) is 1. The summed E-state index contributed by atoms with van der Waals surface area (Å²) in [7, 11) is 0. The summed E-state index contributed by atoms with van der Waals surface area (Å²) in [4.78, 5) is 16.6. The van der Waals surface area contributed by atoms with E-state index in [0.717, 1.165) is 10.2 Å². The molecule has 1 aliphatic heterocycles. The molecular formula is C13H16ClN3O2S. The SMILES string of the molecule is C[C@H]1OCCN[C@@H]1C(=O)Nc1nc2ccccc2s1.Cl. The van der Waals surface area contributed by atoms with E-state index in [0.29, 0.717) is 18.3 Å². The van der Waals surface area contributed by atoms with Gasteiger partial charge in [-0.25, -0.2) is 4.98 Å². The van der Waals surface area contributed by atoms with Crippen molar-refractivity contribution in [3.05, 3.63) is 24.3 Å². The second kappa shape index (κ2) is 6.49. The molecule has 2 heterocycles. The number of rotatable bonds is 2. The van der Waals surface area contributed by atoms with Gasteiger partial charge in [-0.3, -0.25) is 4.79 Å². The number of amides is 1. The number of fused-ring (bicyclic) bond motifs is 1. The first-order chi connectivity index (χ1) is 9.24. The Morgan fingerprint density at radius 3 is 3.05 bits per heavy atom. The van der Waals surface area contributed by atoms with E-state index in [9.17, 15) is 4.79 Å². The third-order valence-electron chi connectivity index (χ3n) is 3.12. The molecule has 1 aromatic heterocycles. The van der Waals surface area contributed by atoms with Crippen LogP contribution in [0.4, 0.5) is 5.13 Å². The van der Waals surface area contributed by atoms with Gasteiger partial charge in [-0.2, -0.15) is 0 Å². The summed E-state index contributed by atoms with van der Waals surface area (Å²) >= 11 is 1.48. The molecule has 1 amide bonds. The van der Waals surface area contributed by atoms with E-state index < -0.39 is 0 Å². The van der Waals surface area contributed by atoms with Crippen LogP contribution in [0.1, 0.15) is 6.92 Å². The molecule has 0 saturated carbocycles. The van der Waals surface area contributed by atoms with Crippen LogP contribution in [-0.2, 0) is 9.53 Å². The van der Waals surface area contributed by atoms with Crippen molar-refractivity contribution in [2.24, 2.45) is 0 Å². The Labute approximate surface area is 127 Å². The lowest BCUT2D eigenvalue weighted by molar-refractivity contribution is -0.123. The predicted molar refractivity (Wildman–Crippen MR) is 82.7 cm³/mol. The molecule has 0 unspecified atom stereocenters. The first kappa shape index (κ1) is 15.2. The highest BCUT2D eigenvalue weighted by Gasteiger charge is 2.28. The molecule has 0 spiro atoms. The second-order valence-corrected chi connectivity index (χ2v) is 5.51. The van der Waals surface area contributed by atoms with Crippen LogP contribution in [0.15, 0.2) is 24.3 Å². The van der Waals surface area contributed by atoms with Crippen molar-refractivity contribution in [2.75, 3.05) is 18.5 Å². The van der Waals surface area contributed by atoms with Gasteiger partial charge < -0.3 is 15.4 Å². The van der Waals surface area contributed by atoms with E-state index in [4.69, 9.17) is 4.74 Å². The van der Waals surface area contributed by atoms with E-state index in [1.807, 2.05) is 31.2 Å². The fourth-order valence-corrected chi connectivity index (χ4v) is 3.00. The van der Waals surface area contributed by atoms with Crippen molar-refractivity contribution in [2.45, 2.75) is 19.1 Å². The first-order valence-electron chi connectivity index (χ1n) is 6.25. The normalized spacial score (nSPS) is 22.2. The quantitative estimate of drug-likeness (QED) is 0.890. The van der Waals surface area contributed by atoms with E-state index in [-0.39, 0.29) is 30.5 Å². The molecule has 2 N–H and O–H groups in total. The van der Waals surface area contributed by atoms with Crippen molar-refractivity contribution in [1.82, 2.24) is 10.3 Å². The Bertz CT molecular complexity index is 571. The number of morpholine rings is 1. The standard InChI is InChI=1S/C13H15N3O2S.ClH/c1-8-11(14-6-7-18-8)12(17)16-13-15-9-4-2-3-5-10(9)19-13;/h2-5,8,11,14H,6-7H2,1H3,(H,15,16,17);1H/t8-,11+;/m1./s1. The summed E-state index contributed by atoms with van der Waals surface area (Å²) in [5, 5.41) is 6.65. The Morgan fingerprint density at radius 1 is 1.50 bits per heavy atom. The number of para-hydroxylation sites is 1. The fourth-order valence-electron chi connectivity index (χ4n) is 2.14. The van der Waals surface area contributed by atoms with E-state index >= 15 is 0 Å². The summed E-state index contributed by atoms with van der Waals surface area (Å²) < 4.78 is 6.54. The maximum Gasteiger partial charge on any atom is 0.245 e. The Hall–Kier alpha value is -1.21. The molecule has 2 aromatic rings. The number of carbonyl (C=O) groups is 1. The summed E-state index contributed by atoms with van der Waals surface area (Å²) in [6.45, 7) is 3.24. The third kappa shape index (κ3) is 3.09. The molecule has 0 radical (unpaired) electrons. The minimum atomic E-state index is -0.319. The maximum absolute atomic E-state index is 12.2. The lowest BCUT2D eigenvalue weighted by atomic mass is 10.1. The van der Waals surface area contributed by atoms with Crippen molar-refractivity contribution in [1.29, 1.82) is 0 Å². The monoisotopic (exact) mass is 313 g/mol. The highest BCUT2D eigenvalue weighted by molar-refractivity contribution is 7.22. The van der Waals surface area contributed by atoms with Crippen LogP contribution in [0.2, 0.25) is 0 Å². The smallest absolute Gasteiger partial charge is 0.245 e. The van der Waals surface area contributed by atoms with Gasteiger partial charge in [0, 0.05) is 6.54 Å². The van der Waals surface area contributed by atoms with Crippen LogP contribution < -0.4 is 10.6 Å². The third-order valence-corrected chi connectivity index (χ3v) is 4.07. The van der Waals surface area contributed by atoms with Gasteiger partial charge in [0.1, 0.15) is 6.04 Å². The Morgan fingerprint density at radius 2 is 2.30 bits per heavy atom. The molecule has 0 bridgehead atoms. The number of nitrogens with zero attached hydrogens (tertiary/aromatic N) is 1. The van der Waals surface area contributed by atoms with Gasteiger partial charge in [-0.1, -0.05) is 23.5 Å². The van der Waals surface area contributed by atoms with Crippen molar-refractivity contribution < 1.29 is 9.53 Å². The molecule has 7 heteroatoms. The van der Waals surface area contributed by atoms with Crippen molar-refractivity contribution >= 4 is 45.0 Å². The van der Waals surface area contributed by atoms with Crippen molar-refractivity contribution in [3.8, 4) is 0 Å². The van der Waals surface area contributed by atoms with E-state index in [2.05, 4.69) is 15.6 Å². The van der Waals surface area contributed by atoms with Gasteiger partial charge in [0.05, 0.1) is 22.9 Å². The lowest BCUT2D eigenvalue weighted by Gasteiger charge is -2.28. The number of thiazole rings is 1. The zero-order chi connectivity index (χ0) is 13.2. The molecule has 108 valence electrons. The van der Waals surface area contributed by atoms with Crippen molar-refractivity contribution in [3.63, 3.8) is 0 Å². The molecule has 0 aliphatic carbocycles. The van der Waals surface area contributed by atoms with Crippen LogP contribution in [0.3, 0.4) is 0 Å². The molecule has 3 rings (SSSR count). The molecule has 1 saturated heterocycles. The molecule has 2 atom stereocenters. The predicted octanol–water partition coefficient (Wildman–Crippen LogP) is 2.03. The number of hydrogen-bond donors (Lipinski definition) is 2. The summed E-state index contributed by atoms with van der Waals surface area (Å²) in [6, 6.07) is 7.51. The summed E-state index contributed by atoms with van der Waals surface area (Å²) in [5.74, 6) is -0.0914. The molecular weight excluding hydrogens is 298 g/mol. The number of aromatic nitrogens is 1. The molecule has 1 aliphatic rings. The van der Waals surface area contributed by atoms with Gasteiger partial charge >= 0.3 is 0 Å². The topological polar surface area (TPSA) is 63.2 Å². The number of benzene rings is 1. The maximum atomic E-state index is 12.2. The Balaban J connectivity index is 0.00000147. The van der Waals surface area contributed by atoms with Crippen LogP contribution in [0.5, 0.6) is 0 Å². The first-order valence-corrected chi connectivity index (χ1v) is 7.07. The number of halogens is 1. The van der Waals surface area contributed by atoms with Crippen LogP contribution >= 0.6 is 23.7 Å². The highest BCUT2D eigenvalue weighted by atomic mass is 35.5. The largest absolute Gasteiger partial charge is 0.375 e. The van der Waals surface area contributed by atoms with Crippen LogP contribution in [-0.4, -0.2) is 36.2 Å². The van der Waals surface area contributed by atoms with Gasteiger partial charge in [-0.05, 0) is 19.1 Å². The van der Waals surface area contributed by atoms with Crippen LogP contribution in [0, 0.1) is 0 Å². The van der Waals surface area contributed by atoms with E-state index in [1.54, 1.807) is 0 Å². The number of anilines is 1. The minimum absolute atomic E-state index is 0. The zero-order valence-corrected chi connectivity index (χ0v) is 12.6. The minimum Gasteiger partial charge on any atom is -0.375 e. The number of hydrogen-bond acceptors (Lipinski definition) is 5. The van der Waals surface area contributed by atoms with Gasteiger partial charge in [0.25, 0.3) is 0 Å². The molecule has 5 nitrogen and oxygen atoms in total. The summed E-state index contributed by atoms with van der Waals surface area (Å²) in [5.41, 5.74) is 0.906. The van der Waals surface area contributed by atoms with Crippen LogP contribution in [0.25, 0.3) is 10.2 Å². The van der Waals surface area contributed by atoms with Gasteiger partial charge in [0.2, 0.25) is 5.91 Å². The zero-order valence-electron chi connectivity index (χ0n) is 11.0. The number of nitrogens with one attached hydrogen (secondary N) is 2. The lowest BCUT2D eigenvalue weighted by Crippen LogP contribution is -2.53. The summed E-state index contributed by atoms with van der Waals surface area (Å²) in [6.07, 6.45) is -0.122. The molecule has 1 aromatic carbocycles. The second-order valence-electron chi connectivity index (χ2n) is 4.48. The number of carbonyl (C=O) groups excluding carboxylic acids is 1. The van der Waals surface area contributed by atoms with Gasteiger partial charge in [0.15, 0.2) is 5.13 Å². The van der Waals surface area contributed by atoms with Gasteiger partial charge in [-0.15, -0.1) is 12.4 Å². The Kier molecular flexibility index (Phi) is 4.93. The molecule has 1 fully saturated rings. The fraction of sp³-hybridized carbons (Fsp3) is 0.385. The highest BCUT2D eigenvalue weighted by Crippen LogP contribution is 2.25. The average Bonchev–Trinajstić information content (AvgIpc) is 2.81.